The number of methoxy groups -OCH3 is 1. The van der Waals surface area contributed by atoms with Gasteiger partial charge in [0, 0.05) is 29.9 Å². The fourth-order valence-electron chi connectivity index (χ4n) is 2.88. The molecule has 1 aromatic rings. The maximum absolute atomic E-state index is 12.3. The number of hydrogen-bond donors (Lipinski definition) is 3. The highest BCUT2D eigenvalue weighted by Crippen LogP contribution is 2.28. The standard InChI is InChI=1S/C18H30N4O3S.2ClH/c1-17(2,3)15(24)22-16-21-13(10-26-16)9-14(23)20-11-18(12-25-4)5-7-19-8-6-18;;/h10,19H,5-9,11-12H2,1-4H3,(H,20,23)(H,21,22,24);2*1H. The van der Waals surface area contributed by atoms with E-state index < -0.39 is 5.41 Å². The number of carbonyl (C=O) groups excluding carboxylic acids is 2. The minimum absolute atomic E-state index is 0. The number of nitrogens with one attached hydrogen (secondary N) is 3. The van der Waals surface area contributed by atoms with Crippen LogP contribution in [0.15, 0.2) is 5.38 Å². The maximum Gasteiger partial charge on any atom is 0.231 e. The van der Waals surface area contributed by atoms with Crippen molar-refractivity contribution < 1.29 is 14.3 Å². The lowest BCUT2D eigenvalue weighted by atomic mass is 9.79. The van der Waals surface area contributed by atoms with Gasteiger partial charge < -0.3 is 20.7 Å². The molecule has 2 amide bonds. The van der Waals surface area contributed by atoms with Crippen molar-refractivity contribution in [1.82, 2.24) is 15.6 Å². The van der Waals surface area contributed by atoms with Gasteiger partial charge in [0.2, 0.25) is 11.8 Å². The molecule has 0 aromatic carbocycles. The minimum Gasteiger partial charge on any atom is -0.384 e. The number of nitrogens with zero attached hydrogens (tertiary/aromatic N) is 1. The molecule has 10 heteroatoms. The van der Waals surface area contributed by atoms with Gasteiger partial charge in [-0.05, 0) is 25.9 Å². The highest BCUT2D eigenvalue weighted by Gasteiger charge is 2.32. The van der Waals surface area contributed by atoms with Crippen molar-refractivity contribution in [1.29, 1.82) is 0 Å². The van der Waals surface area contributed by atoms with Crippen LogP contribution < -0.4 is 16.0 Å². The highest BCUT2D eigenvalue weighted by molar-refractivity contribution is 7.13. The van der Waals surface area contributed by atoms with Crippen molar-refractivity contribution in [3.8, 4) is 0 Å². The molecule has 3 N–H and O–H groups in total. The molecule has 2 rings (SSSR count). The Bertz CT molecular complexity index is 623. The zero-order chi connectivity index (χ0) is 19.2. The Morgan fingerprint density at radius 1 is 1.29 bits per heavy atom. The zero-order valence-corrected chi connectivity index (χ0v) is 19.4. The fraction of sp³-hybridized carbons (Fsp3) is 0.722. The summed E-state index contributed by atoms with van der Waals surface area (Å²) in [5, 5.41) is 11.5. The van der Waals surface area contributed by atoms with Crippen LogP contribution in [0.4, 0.5) is 5.13 Å². The van der Waals surface area contributed by atoms with E-state index in [9.17, 15) is 9.59 Å². The van der Waals surface area contributed by atoms with E-state index in [4.69, 9.17) is 4.74 Å². The summed E-state index contributed by atoms with van der Waals surface area (Å²) in [6.45, 7) is 8.70. The van der Waals surface area contributed by atoms with Crippen LogP contribution in [-0.2, 0) is 20.7 Å². The smallest absolute Gasteiger partial charge is 0.231 e. The van der Waals surface area contributed by atoms with E-state index in [-0.39, 0.29) is 48.5 Å². The number of rotatable bonds is 7. The van der Waals surface area contributed by atoms with Crippen molar-refractivity contribution in [2.24, 2.45) is 10.8 Å². The summed E-state index contributed by atoms with van der Waals surface area (Å²) in [6.07, 6.45) is 2.19. The van der Waals surface area contributed by atoms with E-state index in [2.05, 4.69) is 20.9 Å². The van der Waals surface area contributed by atoms with Crippen LogP contribution in [0.1, 0.15) is 39.3 Å². The normalized spacial score (nSPS) is 15.7. The van der Waals surface area contributed by atoms with Crippen molar-refractivity contribution in [2.45, 2.75) is 40.0 Å². The first-order valence-corrected chi connectivity index (χ1v) is 9.84. The van der Waals surface area contributed by atoms with Crippen LogP contribution in [-0.4, -0.2) is 50.1 Å². The SMILES string of the molecule is COCC1(CNC(=O)Cc2csc(NC(=O)C(C)(C)C)n2)CCNCC1.Cl.Cl. The molecule has 0 spiro atoms. The molecule has 2 heterocycles. The summed E-state index contributed by atoms with van der Waals surface area (Å²) in [4.78, 5) is 28.6. The van der Waals surface area contributed by atoms with Crippen molar-refractivity contribution in [3.63, 3.8) is 0 Å². The number of anilines is 1. The topological polar surface area (TPSA) is 92.4 Å². The van der Waals surface area contributed by atoms with Gasteiger partial charge in [-0.15, -0.1) is 36.2 Å². The number of halogens is 2. The lowest BCUT2D eigenvalue weighted by molar-refractivity contribution is -0.123. The molecule has 0 unspecified atom stereocenters. The number of ether oxygens (including phenoxy) is 1. The monoisotopic (exact) mass is 454 g/mol. The summed E-state index contributed by atoms with van der Waals surface area (Å²) >= 11 is 1.34. The van der Waals surface area contributed by atoms with E-state index in [1.165, 1.54) is 11.3 Å². The van der Waals surface area contributed by atoms with Gasteiger partial charge in [-0.25, -0.2) is 4.98 Å². The Kier molecular flexibility index (Phi) is 11.5. The third kappa shape index (κ3) is 8.21. The quantitative estimate of drug-likeness (QED) is 0.588. The molecule has 1 aliphatic heterocycles. The van der Waals surface area contributed by atoms with Crippen molar-refractivity contribution in [2.75, 3.05) is 38.7 Å². The Morgan fingerprint density at radius 3 is 2.50 bits per heavy atom. The summed E-state index contributed by atoms with van der Waals surface area (Å²) in [5.41, 5.74) is 0.194. The van der Waals surface area contributed by atoms with Gasteiger partial charge in [-0.3, -0.25) is 9.59 Å². The molecule has 0 radical (unpaired) electrons. The third-order valence-corrected chi connectivity index (χ3v) is 5.38. The Labute approximate surface area is 183 Å². The number of hydrogen-bond acceptors (Lipinski definition) is 6. The summed E-state index contributed by atoms with van der Waals surface area (Å²) in [5.74, 6) is -0.145. The summed E-state index contributed by atoms with van der Waals surface area (Å²) in [6, 6.07) is 0. The molecule has 1 saturated heterocycles. The van der Waals surface area contributed by atoms with E-state index in [0.717, 1.165) is 25.9 Å². The number of piperidine rings is 1. The predicted molar refractivity (Wildman–Crippen MR) is 118 cm³/mol. The molecule has 1 aromatic heterocycles. The van der Waals surface area contributed by atoms with E-state index >= 15 is 0 Å². The molecule has 7 nitrogen and oxygen atoms in total. The molecular formula is C18H32Cl2N4O3S. The number of aromatic nitrogens is 1. The molecule has 0 bridgehead atoms. The number of carbonyl (C=O) groups is 2. The first-order valence-electron chi connectivity index (χ1n) is 8.96. The lowest BCUT2D eigenvalue weighted by Gasteiger charge is -2.37. The van der Waals surface area contributed by atoms with Crippen molar-refractivity contribution in [3.05, 3.63) is 11.1 Å². The van der Waals surface area contributed by atoms with Gasteiger partial charge in [-0.1, -0.05) is 20.8 Å². The minimum atomic E-state index is -0.478. The zero-order valence-electron chi connectivity index (χ0n) is 16.9. The van der Waals surface area contributed by atoms with E-state index in [0.29, 0.717) is 24.0 Å². The number of amides is 2. The van der Waals surface area contributed by atoms with Crippen LogP contribution in [0.25, 0.3) is 0 Å². The van der Waals surface area contributed by atoms with Gasteiger partial charge >= 0.3 is 0 Å². The molecule has 1 fully saturated rings. The second kappa shape index (κ2) is 11.9. The Balaban J connectivity index is 0.00000364. The van der Waals surface area contributed by atoms with Gasteiger partial charge in [0.25, 0.3) is 0 Å². The molecule has 0 saturated carbocycles. The fourth-order valence-corrected chi connectivity index (χ4v) is 3.58. The second-order valence-corrected chi connectivity index (χ2v) is 8.84. The van der Waals surface area contributed by atoms with E-state index in [1.807, 2.05) is 26.2 Å². The molecule has 162 valence electrons. The van der Waals surface area contributed by atoms with E-state index in [1.54, 1.807) is 7.11 Å². The van der Waals surface area contributed by atoms with Crippen molar-refractivity contribution >= 4 is 53.1 Å². The van der Waals surface area contributed by atoms with Gasteiger partial charge in [0.1, 0.15) is 0 Å². The first-order chi connectivity index (χ1) is 12.2. The Morgan fingerprint density at radius 2 is 1.93 bits per heavy atom. The van der Waals surface area contributed by atoms with Gasteiger partial charge in [0.15, 0.2) is 5.13 Å². The van der Waals surface area contributed by atoms with Gasteiger partial charge in [-0.2, -0.15) is 0 Å². The molecule has 28 heavy (non-hydrogen) atoms. The predicted octanol–water partition coefficient (Wildman–Crippen LogP) is 2.65. The first kappa shape index (κ1) is 27.1. The average molecular weight is 455 g/mol. The highest BCUT2D eigenvalue weighted by atomic mass is 35.5. The summed E-state index contributed by atoms with van der Waals surface area (Å²) < 4.78 is 5.37. The Hall–Kier alpha value is -0.930. The molecule has 0 atom stereocenters. The molecule has 1 aliphatic rings. The van der Waals surface area contributed by atoms with Crippen LogP contribution in [0.3, 0.4) is 0 Å². The van der Waals surface area contributed by atoms with Crippen LogP contribution >= 0.6 is 36.2 Å². The maximum atomic E-state index is 12.3. The number of thiazole rings is 1. The summed E-state index contributed by atoms with van der Waals surface area (Å²) in [7, 11) is 1.70. The molecule has 0 aliphatic carbocycles. The van der Waals surface area contributed by atoms with Crippen LogP contribution in [0, 0.1) is 10.8 Å². The van der Waals surface area contributed by atoms with Crippen LogP contribution in [0.5, 0.6) is 0 Å². The second-order valence-electron chi connectivity index (χ2n) is 7.98. The third-order valence-electron chi connectivity index (χ3n) is 4.57. The molecular weight excluding hydrogens is 423 g/mol. The van der Waals surface area contributed by atoms with Gasteiger partial charge in [0.05, 0.1) is 18.7 Å². The largest absolute Gasteiger partial charge is 0.384 e. The average Bonchev–Trinajstić information content (AvgIpc) is 3.00. The lowest BCUT2D eigenvalue weighted by Crippen LogP contribution is -2.47. The van der Waals surface area contributed by atoms with Crippen LogP contribution in [0.2, 0.25) is 0 Å².